The molecular formula is C14H21N5S. The van der Waals surface area contributed by atoms with E-state index in [9.17, 15) is 0 Å². The molecule has 0 amide bonds. The SMILES string of the molecule is CCCNc1cc(NCc2cscn2)nc(C(C)C)n1. The lowest BCUT2D eigenvalue weighted by Gasteiger charge is -2.12. The lowest BCUT2D eigenvalue weighted by Crippen LogP contribution is -2.09. The van der Waals surface area contributed by atoms with Gasteiger partial charge < -0.3 is 10.6 Å². The number of nitrogens with one attached hydrogen (secondary N) is 2. The number of aromatic nitrogens is 3. The molecule has 0 aliphatic heterocycles. The van der Waals surface area contributed by atoms with E-state index in [1.165, 1.54) is 0 Å². The van der Waals surface area contributed by atoms with E-state index in [4.69, 9.17) is 0 Å². The summed E-state index contributed by atoms with van der Waals surface area (Å²) in [7, 11) is 0. The molecule has 0 unspecified atom stereocenters. The number of hydrogen-bond acceptors (Lipinski definition) is 6. The Morgan fingerprint density at radius 1 is 1.20 bits per heavy atom. The van der Waals surface area contributed by atoms with Crippen LogP contribution in [0.4, 0.5) is 11.6 Å². The van der Waals surface area contributed by atoms with Crippen molar-refractivity contribution >= 4 is 23.0 Å². The van der Waals surface area contributed by atoms with E-state index in [-0.39, 0.29) is 0 Å². The van der Waals surface area contributed by atoms with E-state index in [0.717, 1.165) is 36.1 Å². The maximum Gasteiger partial charge on any atom is 0.135 e. The maximum atomic E-state index is 4.55. The highest BCUT2D eigenvalue weighted by atomic mass is 32.1. The summed E-state index contributed by atoms with van der Waals surface area (Å²) < 4.78 is 0. The Labute approximate surface area is 123 Å². The molecule has 108 valence electrons. The first-order valence-electron chi connectivity index (χ1n) is 6.92. The molecule has 0 atom stereocenters. The van der Waals surface area contributed by atoms with E-state index >= 15 is 0 Å². The Balaban J connectivity index is 2.11. The minimum Gasteiger partial charge on any atom is -0.370 e. The van der Waals surface area contributed by atoms with Crippen LogP contribution in [0.15, 0.2) is 17.0 Å². The van der Waals surface area contributed by atoms with Crippen LogP contribution in [0, 0.1) is 0 Å². The molecule has 0 radical (unpaired) electrons. The van der Waals surface area contributed by atoms with E-state index < -0.39 is 0 Å². The third-order valence-corrected chi connectivity index (χ3v) is 3.39. The zero-order chi connectivity index (χ0) is 14.4. The Morgan fingerprint density at radius 3 is 2.55 bits per heavy atom. The number of hydrogen-bond donors (Lipinski definition) is 2. The second-order valence-electron chi connectivity index (χ2n) is 4.91. The first-order chi connectivity index (χ1) is 9.69. The molecule has 0 saturated carbocycles. The molecule has 0 aromatic carbocycles. The lowest BCUT2D eigenvalue weighted by molar-refractivity contribution is 0.773. The van der Waals surface area contributed by atoms with Gasteiger partial charge in [0.25, 0.3) is 0 Å². The lowest BCUT2D eigenvalue weighted by atomic mass is 10.2. The van der Waals surface area contributed by atoms with Gasteiger partial charge in [-0.3, -0.25) is 0 Å². The fourth-order valence-corrected chi connectivity index (χ4v) is 2.22. The van der Waals surface area contributed by atoms with Crippen LogP contribution in [0.2, 0.25) is 0 Å². The zero-order valence-corrected chi connectivity index (χ0v) is 13.0. The highest BCUT2D eigenvalue weighted by Gasteiger charge is 2.08. The van der Waals surface area contributed by atoms with Crippen LogP contribution in [-0.2, 0) is 6.54 Å². The summed E-state index contributed by atoms with van der Waals surface area (Å²) >= 11 is 1.60. The summed E-state index contributed by atoms with van der Waals surface area (Å²) in [5.41, 5.74) is 2.87. The van der Waals surface area contributed by atoms with Crippen molar-refractivity contribution in [1.29, 1.82) is 0 Å². The average molecular weight is 291 g/mol. The van der Waals surface area contributed by atoms with Gasteiger partial charge in [0.05, 0.1) is 17.7 Å². The van der Waals surface area contributed by atoms with Gasteiger partial charge in [-0.25, -0.2) is 15.0 Å². The van der Waals surface area contributed by atoms with Crippen LogP contribution in [0.5, 0.6) is 0 Å². The Kier molecular flexibility index (Phi) is 5.29. The van der Waals surface area contributed by atoms with Gasteiger partial charge in [0.1, 0.15) is 17.5 Å². The largest absolute Gasteiger partial charge is 0.370 e. The Morgan fingerprint density at radius 2 is 1.95 bits per heavy atom. The van der Waals surface area contributed by atoms with Crippen LogP contribution in [-0.4, -0.2) is 21.5 Å². The first kappa shape index (κ1) is 14.7. The first-order valence-corrected chi connectivity index (χ1v) is 7.87. The van der Waals surface area contributed by atoms with Crippen molar-refractivity contribution in [1.82, 2.24) is 15.0 Å². The Hall–Kier alpha value is -1.69. The van der Waals surface area contributed by atoms with Gasteiger partial charge in [-0.1, -0.05) is 20.8 Å². The van der Waals surface area contributed by atoms with Gasteiger partial charge in [0.15, 0.2) is 0 Å². The average Bonchev–Trinajstić information content (AvgIpc) is 2.96. The predicted octanol–water partition coefficient (Wildman–Crippen LogP) is 3.49. The topological polar surface area (TPSA) is 62.7 Å². The van der Waals surface area contributed by atoms with Gasteiger partial charge in [-0.15, -0.1) is 11.3 Å². The summed E-state index contributed by atoms with van der Waals surface area (Å²) in [5.74, 6) is 2.88. The van der Waals surface area contributed by atoms with E-state index in [2.05, 4.69) is 46.4 Å². The quantitative estimate of drug-likeness (QED) is 0.817. The van der Waals surface area contributed by atoms with Crippen molar-refractivity contribution in [2.24, 2.45) is 0 Å². The molecule has 20 heavy (non-hydrogen) atoms. The number of rotatable bonds is 7. The van der Waals surface area contributed by atoms with Gasteiger partial charge in [-0.05, 0) is 6.42 Å². The molecule has 5 nitrogen and oxygen atoms in total. The van der Waals surface area contributed by atoms with Crippen molar-refractivity contribution in [2.45, 2.75) is 39.7 Å². The smallest absolute Gasteiger partial charge is 0.135 e. The zero-order valence-electron chi connectivity index (χ0n) is 12.2. The third kappa shape index (κ3) is 4.16. The van der Waals surface area contributed by atoms with Crippen LogP contribution in [0.3, 0.4) is 0 Å². The van der Waals surface area contributed by atoms with Crippen LogP contribution in [0.1, 0.15) is 44.6 Å². The molecular weight excluding hydrogens is 270 g/mol. The van der Waals surface area contributed by atoms with Crippen LogP contribution in [0.25, 0.3) is 0 Å². The molecule has 2 aromatic heterocycles. The predicted molar refractivity (Wildman–Crippen MR) is 84.3 cm³/mol. The van der Waals surface area contributed by atoms with Gasteiger partial charge in [0.2, 0.25) is 0 Å². The normalized spacial score (nSPS) is 10.8. The van der Waals surface area contributed by atoms with Crippen molar-refractivity contribution in [2.75, 3.05) is 17.2 Å². The summed E-state index contributed by atoms with van der Waals surface area (Å²) in [4.78, 5) is 13.4. The number of nitrogens with zero attached hydrogens (tertiary/aromatic N) is 3. The van der Waals surface area contributed by atoms with Crippen LogP contribution >= 0.6 is 11.3 Å². The van der Waals surface area contributed by atoms with Gasteiger partial charge in [0, 0.05) is 23.9 Å². The molecule has 6 heteroatoms. The monoisotopic (exact) mass is 291 g/mol. The second-order valence-corrected chi connectivity index (χ2v) is 5.63. The molecule has 0 saturated heterocycles. The van der Waals surface area contributed by atoms with Crippen molar-refractivity contribution in [3.8, 4) is 0 Å². The van der Waals surface area contributed by atoms with Gasteiger partial charge >= 0.3 is 0 Å². The van der Waals surface area contributed by atoms with E-state index in [0.29, 0.717) is 12.5 Å². The van der Waals surface area contributed by atoms with Crippen molar-refractivity contribution in [3.05, 3.63) is 28.5 Å². The standard InChI is InChI=1S/C14H21N5S/c1-4-5-15-12-6-13(19-14(18-12)10(2)3)16-7-11-8-20-9-17-11/h6,8-10H,4-5,7H2,1-3H3,(H2,15,16,18,19). The fraction of sp³-hybridized carbons (Fsp3) is 0.500. The van der Waals surface area contributed by atoms with Crippen molar-refractivity contribution < 1.29 is 0 Å². The number of thiazole rings is 1. The molecule has 2 rings (SSSR count). The molecule has 0 aliphatic carbocycles. The third-order valence-electron chi connectivity index (χ3n) is 2.75. The van der Waals surface area contributed by atoms with Crippen LogP contribution < -0.4 is 10.6 Å². The second kappa shape index (κ2) is 7.19. The van der Waals surface area contributed by atoms with Crippen molar-refractivity contribution in [3.63, 3.8) is 0 Å². The highest BCUT2D eigenvalue weighted by Crippen LogP contribution is 2.17. The fourth-order valence-electron chi connectivity index (χ4n) is 1.66. The molecule has 0 aliphatic rings. The minimum atomic E-state index is 0.304. The van der Waals surface area contributed by atoms with E-state index in [1.807, 2.05) is 17.0 Å². The molecule has 2 N–H and O–H groups in total. The summed E-state index contributed by atoms with van der Waals surface area (Å²) in [6, 6.07) is 1.95. The summed E-state index contributed by atoms with van der Waals surface area (Å²) in [6.45, 7) is 7.94. The molecule has 0 bridgehead atoms. The summed E-state index contributed by atoms with van der Waals surface area (Å²) in [6.07, 6.45) is 1.07. The highest BCUT2D eigenvalue weighted by molar-refractivity contribution is 7.07. The molecule has 0 spiro atoms. The van der Waals surface area contributed by atoms with Gasteiger partial charge in [-0.2, -0.15) is 0 Å². The maximum absolute atomic E-state index is 4.55. The van der Waals surface area contributed by atoms with E-state index in [1.54, 1.807) is 11.3 Å². The molecule has 0 fully saturated rings. The molecule has 2 heterocycles. The molecule has 2 aromatic rings. The summed E-state index contributed by atoms with van der Waals surface area (Å²) in [5, 5.41) is 8.67. The Bertz CT molecular complexity index is 524. The number of anilines is 2. The minimum absolute atomic E-state index is 0.304.